The van der Waals surface area contributed by atoms with Gasteiger partial charge in [0.25, 0.3) is 0 Å². The van der Waals surface area contributed by atoms with E-state index < -0.39 is 5.97 Å². The number of halogens is 1. The molecule has 0 heterocycles. The average molecular weight is 348 g/mol. The van der Waals surface area contributed by atoms with Gasteiger partial charge in [-0.2, -0.15) is 0 Å². The highest BCUT2D eigenvalue weighted by Crippen LogP contribution is 2.23. The summed E-state index contributed by atoms with van der Waals surface area (Å²) in [6.45, 7) is 0.388. The highest BCUT2D eigenvalue weighted by Gasteiger charge is 2.08. The Morgan fingerprint density at radius 2 is 1.92 bits per heavy atom. The van der Waals surface area contributed by atoms with Crippen LogP contribution in [0.15, 0.2) is 48.5 Å². The molecule has 0 aromatic heterocycles. The average Bonchev–Trinajstić information content (AvgIpc) is 2.59. The fourth-order valence-corrected chi connectivity index (χ4v) is 2.23. The largest absolute Gasteiger partial charge is 0.492 e. The van der Waals surface area contributed by atoms with E-state index >= 15 is 0 Å². The van der Waals surface area contributed by atoms with Crippen molar-refractivity contribution in [2.24, 2.45) is 0 Å². The van der Waals surface area contributed by atoms with Crippen molar-refractivity contribution in [2.75, 3.05) is 19.0 Å². The third kappa shape index (κ3) is 5.28. The zero-order valence-corrected chi connectivity index (χ0v) is 14.0. The Hall–Kier alpha value is -2.53. The van der Waals surface area contributed by atoms with Crippen LogP contribution in [0.2, 0.25) is 5.02 Å². The lowest BCUT2D eigenvalue weighted by Gasteiger charge is -2.09. The molecule has 6 heteroatoms. The van der Waals surface area contributed by atoms with Gasteiger partial charge in [0.15, 0.2) is 0 Å². The van der Waals surface area contributed by atoms with E-state index in [-0.39, 0.29) is 5.91 Å². The molecule has 2 aromatic carbocycles. The highest BCUT2D eigenvalue weighted by atomic mass is 35.5. The van der Waals surface area contributed by atoms with Crippen LogP contribution in [-0.4, -0.2) is 25.6 Å². The van der Waals surface area contributed by atoms with Crippen molar-refractivity contribution in [2.45, 2.75) is 12.8 Å². The number of nitrogens with one attached hydrogen (secondary N) is 1. The van der Waals surface area contributed by atoms with Crippen LogP contribution in [0.3, 0.4) is 0 Å². The predicted molar refractivity (Wildman–Crippen MR) is 92.6 cm³/mol. The summed E-state index contributed by atoms with van der Waals surface area (Å²) in [4.78, 5) is 23.4. The van der Waals surface area contributed by atoms with Gasteiger partial charge in [0.2, 0.25) is 5.91 Å². The number of hydrogen-bond acceptors (Lipinski definition) is 4. The Morgan fingerprint density at radius 3 is 2.67 bits per heavy atom. The summed E-state index contributed by atoms with van der Waals surface area (Å²) in [5.41, 5.74) is 0.937. The van der Waals surface area contributed by atoms with Crippen LogP contribution in [0.4, 0.5) is 5.69 Å². The summed E-state index contributed by atoms with van der Waals surface area (Å²) in [6.07, 6.45) is 0.848. The van der Waals surface area contributed by atoms with Crippen LogP contribution >= 0.6 is 11.6 Å². The first-order chi connectivity index (χ1) is 11.6. The number of anilines is 1. The molecule has 0 aliphatic rings. The molecule has 5 nitrogen and oxygen atoms in total. The quantitative estimate of drug-likeness (QED) is 0.609. The molecule has 1 amide bonds. The highest BCUT2D eigenvalue weighted by molar-refractivity contribution is 6.32. The first kappa shape index (κ1) is 17.8. The number of hydrogen-bond donors (Lipinski definition) is 1. The summed E-state index contributed by atoms with van der Waals surface area (Å²) in [5.74, 6) is 0.00404. The molecule has 0 aliphatic heterocycles. The topological polar surface area (TPSA) is 64.6 Å². The van der Waals surface area contributed by atoms with Gasteiger partial charge in [-0.25, -0.2) is 4.79 Å². The predicted octanol–water partition coefficient (Wildman–Crippen LogP) is 3.92. The van der Waals surface area contributed by atoms with Crippen LogP contribution in [0.1, 0.15) is 23.2 Å². The van der Waals surface area contributed by atoms with Crippen molar-refractivity contribution in [1.29, 1.82) is 0 Å². The zero-order valence-electron chi connectivity index (χ0n) is 13.3. The molecule has 0 bridgehead atoms. The lowest BCUT2D eigenvalue weighted by molar-refractivity contribution is -0.116. The van der Waals surface area contributed by atoms with Crippen molar-refractivity contribution >= 4 is 29.2 Å². The molecule has 0 aliphatic carbocycles. The van der Waals surface area contributed by atoms with Gasteiger partial charge in [-0.3, -0.25) is 4.79 Å². The van der Waals surface area contributed by atoms with Gasteiger partial charge >= 0.3 is 5.97 Å². The number of carbonyl (C=O) groups is 2. The SMILES string of the molecule is COC(=O)c1cccc(NC(=O)CCCOc2ccccc2Cl)c1. The normalized spacial score (nSPS) is 10.1. The van der Waals surface area contributed by atoms with Gasteiger partial charge in [0, 0.05) is 12.1 Å². The summed E-state index contributed by atoms with van der Waals surface area (Å²) in [6, 6.07) is 13.8. The molecule has 0 spiro atoms. The summed E-state index contributed by atoms with van der Waals surface area (Å²) < 4.78 is 10.2. The first-order valence-electron chi connectivity index (χ1n) is 7.45. The maximum Gasteiger partial charge on any atom is 0.337 e. The van der Waals surface area contributed by atoms with E-state index in [9.17, 15) is 9.59 Å². The Bertz CT molecular complexity index is 718. The standard InChI is InChI=1S/C18H18ClNO4/c1-23-18(22)13-6-4-7-14(12-13)20-17(21)10-5-11-24-16-9-3-2-8-15(16)19/h2-4,6-9,12H,5,10-11H2,1H3,(H,20,21). The van der Waals surface area contributed by atoms with Gasteiger partial charge in [-0.05, 0) is 36.8 Å². The third-order valence-electron chi connectivity index (χ3n) is 3.21. The van der Waals surface area contributed by atoms with Crippen molar-refractivity contribution < 1.29 is 19.1 Å². The van der Waals surface area contributed by atoms with Crippen LogP contribution < -0.4 is 10.1 Å². The Balaban J connectivity index is 1.77. The van der Waals surface area contributed by atoms with Gasteiger partial charge in [0.1, 0.15) is 5.75 Å². The number of ether oxygens (including phenoxy) is 2. The fraction of sp³-hybridized carbons (Fsp3) is 0.222. The molecular weight excluding hydrogens is 330 g/mol. The lowest BCUT2D eigenvalue weighted by Crippen LogP contribution is -2.13. The molecule has 0 saturated carbocycles. The number of methoxy groups -OCH3 is 1. The smallest absolute Gasteiger partial charge is 0.337 e. The summed E-state index contributed by atoms with van der Waals surface area (Å²) in [5, 5.41) is 3.29. The van der Waals surface area contributed by atoms with Gasteiger partial charge in [-0.1, -0.05) is 29.8 Å². The molecule has 24 heavy (non-hydrogen) atoms. The molecule has 2 aromatic rings. The Labute approximate surface area is 145 Å². The van der Waals surface area contributed by atoms with E-state index in [1.807, 2.05) is 12.1 Å². The van der Waals surface area contributed by atoms with E-state index in [0.717, 1.165) is 0 Å². The molecule has 0 atom stereocenters. The molecule has 1 N–H and O–H groups in total. The number of esters is 1. The van der Waals surface area contributed by atoms with Gasteiger partial charge in [-0.15, -0.1) is 0 Å². The minimum atomic E-state index is -0.445. The second-order valence-electron chi connectivity index (χ2n) is 5.00. The van der Waals surface area contributed by atoms with Gasteiger partial charge in [0.05, 0.1) is 24.3 Å². The molecule has 2 rings (SSSR count). The molecule has 0 fully saturated rings. The van der Waals surface area contributed by atoms with E-state index in [2.05, 4.69) is 10.1 Å². The summed E-state index contributed by atoms with van der Waals surface area (Å²) >= 11 is 5.98. The van der Waals surface area contributed by atoms with Crippen molar-refractivity contribution in [3.05, 3.63) is 59.1 Å². The second-order valence-corrected chi connectivity index (χ2v) is 5.41. The zero-order chi connectivity index (χ0) is 17.4. The second kappa shape index (κ2) is 8.93. The molecular formula is C18H18ClNO4. The third-order valence-corrected chi connectivity index (χ3v) is 3.52. The fourth-order valence-electron chi connectivity index (χ4n) is 2.04. The van der Waals surface area contributed by atoms with Crippen molar-refractivity contribution in [1.82, 2.24) is 0 Å². The van der Waals surface area contributed by atoms with Crippen molar-refractivity contribution in [3.8, 4) is 5.75 Å². The molecule has 126 valence electrons. The Morgan fingerprint density at radius 1 is 1.12 bits per heavy atom. The first-order valence-corrected chi connectivity index (χ1v) is 7.83. The number of benzene rings is 2. The number of carbonyl (C=O) groups excluding carboxylic acids is 2. The molecule has 0 radical (unpaired) electrons. The molecule has 0 unspecified atom stereocenters. The van der Waals surface area contributed by atoms with Crippen LogP contribution in [0.25, 0.3) is 0 Å². The molecule has 0 saturated heterocycles. The minimum Gasteiger partial charge on any atom is -0.492 e. The van der Waals surface area contributed by atoms with E-state index in [0.29, 0.717) is 41.5 Å². The van der Waals surface area contributed by atoms with Crippen LogP contribution in [-0.2, 0) is 9.53 Å². The monoisotopic (exact) mass is 347 g/mol. The van der Waals surface area contributed by atoms with E-state index in [1.54, 1.807) is 36.4 Å². The maximum absolute atomic E-state index is 11.9. The number of amides is 1. The van der Waals surface area contributed by atoms with Crippen LogP contribution in [0.5, 0.6) is 5.75 Å². The Kier molecular flexibility index (Phi) is 6.63. The minimum absolute atomic E-state index is 0.153. The maximum atomic E-state index is 11.9. The van der Waals surface area contributed by atoms with E-state index in [4.69, 9.17) is 16.3 Å². The number of rotatable bonds is 7. The van der Waals surface area contributed by atoms with Crippen LogP contribution in [0, 0.1) is 0 Å². The number of para-hydroxylation sites is 1. The lowest BCUT2D eigenvalue weighted by atomic mass is 10.2. The summed E-state index contributed by atoms with van der Waals surface area (Å²) in [7, 11) is 1.31. The van der Waals surface area contributed by atoms with Crippen molar-refractivity contribution in [3.63, 3.8) is 0 Å². The van der Waals surface area contributed by atoms with Gasteiger partial charge < -0.3 is 14.8 Å². The van der Waals surface area contributed by atoms with E-state index in [1.165, 1.54) is 7.11 Å².